The van der Waals surface area contributed by atoms with Crippen molar-refractivity contribution in [1.82, 2.24) is 0 Å². The molecule has 1 aromatic carbocycles. The third-order valence-corrected chi connectivity index (χ3v) is 4.31. The summed E-state index contributed by atoms with van der Waals surface area (Å²) in [5, 5.41) is 0. The predicted octanol–water partition coefficient (Wildman–Crippen LogP) is 2.72. The zero-order valence-corrected chi connectivity index (χ0v) is 11.3. The Hall–Kier alpha value is -0.960. The van der Waals surface area contributed by atoms with Gasteiger partial charge in [0.1, 0.15) is 10.4 Å². The molecule has 1 N–H and O–H groups in total. The highest BCUT2D eigenvalue weighted by atomic mass is 79.9. The minimum atomic E-state index is -4.48. The molecule has 0 aliphatic heterocycles. The number of hydrogen-bond acceptors (Lipinski definition) is 3. The van der Waals surface area contributed by atoms with Gasteiger partial charge in [-0.3, -0.25) is 4.72 Å². The van der Waals surface area contributed by atoms with Gasteiger partial charge in [-0.25, -0.2) is 8.42 Å². The second-order valence-corrected chi connectivity index (χ2v) is 6.25. The maximum absolute atomic E-state index is 12.0. The SMILES string of the molecule is O=S(=O)(CBr)Nc1ccccc1OCC(F)(F)F. The van der Waals surface area contributed by atoms with Gasteiger partial charge < -0.3 is 4.74 Å². The average Bonchev–Trinajstić information content (AvgIpc) is 2.26. The molecule has 0 radical (unpaired) electrons. The Bertz CT molecular complexity index is 504. The number of halogens is 4. The largest absolute Gasteiger partial charge is 0.482 e. The monoisotopic (exact) mass is 347 g/mol. The second kappa shape index (κ2) is 5.79. The summed E-state index contributed by atoms with van der Waals surface area (Å²) in [6.45, 7) is -1.49. The number of ether oxygens (including phenoxy) is 1. The summed E-state index contributed by atoms with van der Waals surface area (Å²) >= 11 is 2.75. The van der Waals surface area contributed by atoms with Crippen molar-refractivity contribution in [1.29, 1.82) is 0 Å². The molecule has 102 valence electrons. The lowest BCUT2D eigenvalue weighted by Gasteiger charge is -2.13. The van der Waals surface area contributed by atoms with E-state index in [2.05, 4.69) is 25.4 Å². The van der Waals surface area contributed by atoms with Crippen LogP contribution in [0.2, 0.25) is 0 Å². The first-order valence-electron chi connectivity index (χ1n) is 4.58. The molecule has 0 bridgehead atoms. The van der Waals surface area contributed by atoms with Crippen LogP contribution in [0.3, 0.4) is 0 Å². The van der Waals surface area contributed by atoms with Crippen LogP contribution in [0, 0.1) is 0 Å². The van der Waals surface area contributed by atoms with Gasteiger partial charge in [0.2, 0.25) is 10.0 Å². The van der Waals surface area contributed by atoms with Crippen LogP contribution in [0.5, 0.6) is 5.75 Å². The summed E-state index contributed by atoms with van der Waals surface area (Å²) < 4.78 is 64.9. The minimum Gasteiger partial charge on any atom is -0.482 e. The van der Waals surface area contributed by atoms with Gasteiger partial charge in [0.05, 0.1) is 5.69 Å². The molecule has 0 saturated heterocycles. The number of sulfonamides is 1. The van der Waals surface area contributed by atoms with Crippen molar-refractivity contribution in [3.8, 4) is 5.75 Å². The van der Waals surface area contributed by atoms with E-state index in [1.807, 2.05) is 0 Å². The standard InChI is InChI=1S/C9H9BrF3NO3S/c10-6-18(15,16)14-7-3-1-2-4-8(7)17-5-9(11,12)13/h1-4,14H,5-6H2. The van der Waals surface area contributed by atoms with Crippen molar-refractivity contribution in [2.45, 2.75) is 6.18 Å². The highest BCUT2D eigenvalue weighted by molar-refractivity contribution is 9.10. The molecule has 0 atom stereocenters. The Balaban J connectivity index is 2.87. The zero-order valence-electron chi connectivity index (χ0n) is 8.87. The molecule has 9 heteroatoms. The third-order valence-electron chi connectivity index (χ3n) is 1.69. The number of para-hydroxylation sites is 2. The fourth-order valence-corrected chi connectivity index (χ4v) is 1.93. The van der Waals surface area contributed by atoms with E-state index >= 15 is 0 Å². The highest BCUT2D eigenvalue weighted by Crippen LogP contribution is 2.27. The summed E-state index contributed by atoms with van der Waals surface area (Å²) in [6.07, 6.45) is -4.48. The highest BCUT2D eigenvalue weighted by Gasteiger charge is 2.29. The van der Waals surface area contributed by atoms with E-state index in [4.69, 9.17) is 0 Å². The van der Waals surface area contributed by atoms with Crippen LogP contribution < -0.4 is 9.46 Å². The van der Waals surface area contributed by atoms with Crippen molar-refractivity contribution in [3.63, 3.8) is 0 Å². The van der Waals surface area contributed by atoms with Gasteiger partial charge in [0.25, 0.3) is 0 Å². The van der Waals surface area contributed by atoms with Crippen molar-refractivity contribution in [2.75, 3.05) is 16.0 Å². The molecule has 0 heterocycles. The van der Waals surface area contributed by atoms with E-state index in [0.717, 1.165) is 0 Å². The van der Waals surface area contributed by atoms with E-state index in [1.54, 1.807) is 0 Å². The maximum atomic E-state index is 12.0. The van der Waals surface area contributed by atoms with Crippen molar-refractivity contribution in [3.05, 3.63) is 24.3 Å². The lowest BCUT2D eigenvalue weighted by molar-refractivity contribution is -0.153. The first-order valence-corrected chi connectivity index (χ1v) is 7.36. The second-order valence-electron chi connectivity index (χ2n) is 3.23. The van der Waals surface area contributed by atoms with E-state index in [1.165, 1.54) is 24.3 Å². The van der Waals surface area contributed by atoms with Gasteiger partial charge in [0.15, 0.2) is 6.61 Å². The van der Waals surface area contributed by atoms with E-state index < -0.39 is 22.8 Å². The summed E-state index contributed by atoms with van der Waals surface area (Å²) in [6, 6.07) is 5.48. The molecule has 0 saturated carbocycles. The van der Waals surface area contributed by atoms with Gasteiger partial charge in [-0.05, 0) is 12.1 Å². The molecule has 0 aromatic heterocycles. The van der Waals surface area contributed by atoms with E-state index in [-0.39, 0.29) is 16.1 Å². The Morgan fingerprint density at radius 3 is 2.44 bits per heavy atom. The van der Waals surface area contributed by atoms with Crippen LogP contribution >= 0.6 is 15.9 Å². The number of hydrogen-bond donors (Lipinski definition) is 1. The van der Waals surface area contributed by atoms with Crippen molar-refractivity contribution < 1.29 is 26.3 Å². The van der Waals surface area contributed by atoms with E-state index in [0.29, 0.717) is 0 Å². The lowest BCUT2D eigenvalue weighted by Crippen LogP contribution is -2.20. The van der Waals surface area contributed by atoms with Crippen LogP contribution in [0.15, 0.2) is 24.3 Å². The van der Waals surface area contributed by atoms with Gasteiger partial charge in [-0.1, -0.05) is 28.1 Å². The molecular formula is C9H9BrF3NO3S. The molecule has 0 unspecified atom stereocenters. The number of anilines is 1. The molecule has 0 spiro atoms. The van der Waals surface area contributed by atoms with Gasteiger partial charge in [-0.2, -0.15) is 13.2 Å². The molecule has 0 amide bonds. The smallest absolute Gasteiger partial charge is 0.422 e. The molecule has 0 aliphatic carbocycles. The average molecular weight is 348 g/mol. The predicted molar refractivity (Wildman–Crippen MR) is 64.3 cm³/mol. The number of nitrogens with one attached hydrogen (secondary N) is 1. The van der Waals surface area contributed by atoms with Crippen LogP contribution in [-0.4, -0.2) is 25.9 Å². The van der Waals surface area contributed by atoms with Crippen molar-refractivity contribution >= 4 is 31.6 Å². The Kier molecular flexibility index (Phi) is 4.85. The molecule has 18 heavy (non-hydrogen) atoms. The summed E-state index contributed by atoms with van der Waals surface area (Å²) in [5.74, 6) is -0.181. The molecule has 0 aliphatic rings. The minimum absolute atomic E-state index is 0.0406. The molecule has 1 aromatic rings. The third kappa shape index (κ3) is 5.13. The lowest BCUT2D eigenvalue weighted by atomic mass is 10.3. The fraction of sp³-hybridized carbons (Fsp3) is 0.333. The molecule has 0 fully saturated rings. The van der Waals surface area contributed by atoms with Crippen LogP contribution in [0.4, 0.5) is 18.9 Å². The van der Waals surface area contributed by atoms with Crippen LogP contribution in [0.25, 0.3) is 0 Å². The Morgan fingerprint density at radius 2 is 1.89 bits per heavy atom. The topological polar surface area (TPSA) is 55.4 Å². The van der Waals surface area contributed by atoms with Gasteiger partial charge >= 0.3 is 6.18 Å². The number of rotatable bonds is 5. The summed E-state index contributed by atoms with van der Waals surface area (Å²) in [4.78, 5) is 0. The van der Waals surface area contributed by atoms with Crippen LogP contribution in [-0.2, 0) is 10.0 Å². The Labute approximate surface area is 110 Å². The van der Waals surface area contributed by atoms with Crippen molar-refractivity contribution in [2.24, 2.45) is 0 Å². The Morgan fingerprint density at radius 1 is 1.28 bits per heavy atom. The zero-order chi connectivity index (χ0) is 13.8. The van der Waals surface area contributed by atoms with Crippen LogP contribution in [0.1, 0.15) is 0 Å². The van der Waals surface area contributed by atoms with Gasteiger partial charge in [-0.15, -0.1) is 0 Å². The quantitative estimate of drug-likeness (QED) is 0.833. The number of benzene rings is 1. The van der Waals surface area contributed by atoms with Gasteiger partial charge in [0, 0.05) is 0 Å². The molecule has 1 rings (SSSR count). The first kappa shape index (κ1) is 15.1. The summed E-state index contributed by atoms with van der Waals surface area (Å²) in [7, 11) is -3.64. The maximum Gasteiger partial charge on any atom is 0.422 e. The summed E-state index contributed by atoms with van der Waals surface area (Å²) in [5.41, 5.74) is -0.0406. The van der Waals surface area contributed by atoms with E-state index in [9.17, 15) is 21.6 Å². The molecule has 4 nitrogen and oxygen atoms in total. The number of alkyl halides is 4. The molecular weight excluding hydrogens is 339 g/mol. The normalized spacial score (nSPS) is 12.2. The first-order chi connectivity index (χ1) is 8.23. The fourth-order valence-electron chi connectivity index (χ4n) is 1.03.